The second kappa shape index (κ2) is 6.78. The highest BCUT2D eigenvalue weighted by Crippen LogP contribution is 2.04. The summed E-state index contributed by atoms with van der Waals surface area (Å²) in [4.78, 5) is 34.0. The number of hydrogen-bond acceptors (Lipinski definition) is 5. The van der Waals surface area contributed by atoms with Crippen molar-refractivity contribution in [3.05, 3.63) is 0 Å². The monoisotopic (exact) mass is 231 g/mol. The van der Waals surface area contributed by atoms with Gasteiger partial charge in [-0.25, -0.2) is 0 Å². The van der Waals surface area contributed by atoms with Crippen LogP contribution >= 0.6 is 0 Å². The van der Waals surface area contributed by atoms with E-state index in [2.05, 4.69) is 4.74 Å². The smallest absolute Gasteiger partial charge is 0.307 e. The van der Waals surface area contributed by atoms with Crippen LogP contribution in [0.15, 0.2) is 0 Å². The molecule has 0 aromatic rings. The molecule has 0 aliphatic carbocycles. The van der Waals surface area contributed by atoms with Gasteiger partial charge in [0.15, 0.2) is 0 Å². The van der Waals surface area contributed by atoms with Crippen LogP contribution in [-0.2, 0) is 19.1 Å². The predicted octanol–water partition coefficient (Wildman–Crippen LogP) is -1.79. The molecule has 92 valence electrons. The Morgan fingerprint density at radius 2 is 1.62 bits per heavy atom. The van der Waals surface area contributed by atoms with Crippen LogP contribution in [0.2, 0.25) is 0 Å². The fourth-order valence-electron chi connectivity index (χ4n) is 1.22. The lowest BCUT2D eigenvalue weighted by Gasteiger charge is -2.25. The van der Waals surface area contributed by atoms with Crippen molar-refractivity contribution in [3.63, 3.8) is 0 Å². The predicted molar refractivity (Wildman–Crippen MR) is 56.1 cm³/mol. The molecule has 0 aliphatic rings. The molecule has 4 N–H and O–H groups in total. The van der Waals surface area contributed by atoms with Gasteiger partial charge in [0.05, 0.1) is 26.6 Å². The van der Waals surface area contributed by atoms with Crippen LogP contribution in [0.5, 0.6) is 0 Å². The van der Waals surface area contributed by atoms with Crippen LogP contribution in [0.1, 0.15) is 13.3 Å². The number of esters is 1. The van der Waals surface area contributed by atoms with E-state index in [1.807, 2.05) is 0 Å². The maximum Gasteiger partial charge on any atom is 0.307 e. The number of carbonyl (C=O) groups is 3. The Morgan fingerprint density at radius 1 is 1.19 bits per heavy atom. The van der Waals surface area contributed by atoms with E-state index in [4.69, 9.17) is 11.5 Å². The standard InChI is InChI=1S/C9H17N3O4/c1-6(3-9(15)16-2)12(4-7(10)13)5-8(11)14/h6H,3-5H2,1-2H3,(H2,10,13)(H2,11,14). The third-order valence-electron chi connectivity index (χ3n) is 2.03. The lowest BCUT2D eigenvalue weighted by molar-refractivity contribution is -0.142. The van der Waals surface area contributed by atoms with Crippen molar-refractivity contribution >= 4 is 17.8 Å². The second-order valence-electron chi connectivity index (χ2n) is 3.47. The van der Waals surface area contributed by atoms with Crippen molar-refractivity contribution in [3.8, 4) is 0 Å². The number of hydrogen-bond donors (Lipinski definition) is 2. The van der Waals surface area contributed by atoms with E-state index < -0.39 is 17.8 Å². The number of rotatable bonds is 7. The minimum atomic E-state index is -0.585. The van der Waals surface area contributed by atoms with Gasteiger partial charge in [0.1, 0.15) is 0 Å². The van der Waals surface area contributed by atoms with Crippen molar-refractivity contribution in [2.24, 2.45) is 11.5 Å². The maximum absolute atomic E-state index is 11.0. The lowest BCUT2D eigenvalue weighted by atomic mass is 10.2. The number of ether oxygens (including phenoxy) is 1. The third kappa shape index (κ3) is 5.97. The van der Waals surface area contributed by atoms with Crippen LogP contribution in [0.4, 0.5) is 0 Å². The van der Waals surface area contributed by atoms with E-state index in [1.54, 1.807) is 6.92 Å². The summed E-state index contributed by atoms with van der Waals surface area (Å²) in [5.41, 5.74) is 10.0. The number of primary amides is 2. The minimum Gasteiger partial charge on any atom is -0.469 e. The quantitative estimate of drug-likeness (QED) is 0.502. The van der Waals surface area contributed by atoms with E-state index in [1.165, 1.54) is 12.0 Å². The molecule has 0 radical (unpaired) electrons. The summed E-state index contributed by atoms with van der Waals surface area (Å²) in [5.74, 6) is -1.60. The van der Waals surface area contributed by atoms with E-state index in [-0.39, 0.29) is 25.6 Å². The van der Waals surface area contributed by atoms with Gasteiger partial charge in [-0.15, -0.1) is 0 Å². The molecule has 1 unspecified atom stereocenters. The second-order valence-corrected chi connectivity index (χ2v) is 3.47. The summed E-state index contributed by atoms with van der Waals surface area (Å²) in [7, 11) is 1.27. The SMILES string of the molecule is COC(=O)CC(C)N(CC(N)=O)CC(N)=O. The Balaban J connectivity index is 4.41. The number of amides is 2. The van der Waals surface area contributed by atoms with Gasteiger partial charge in [-0.05, 0) is 6.92 Å². The van der Waals surface area contributed by atoms with Crippen LogP contribution in [0.25, 0.3) is 0 Å². The number of nitrogens with zero attached hydrogens (tertiary/aromatic N) is 1. The molecular formula is C9H17N3O4. The molecule has 0 saturated carbocycles. The fourth-order valence-corrected chi connectivity index (χ4v) is 1.22. The fraction of sp³-hybridized carbons (Fsp3) is 0.667. The molecule has 0 aromatic carbocycles. The van der Waals surface area contributed by atoms with Gasteiger partial charge in [-0.3, -0.25) is 19.3 Å². The van der Waals surface area contributed by atoms with Crippen LogP contribution in [0.3, 0.4) is 0 Å². The summed E-state index contributed by atoms with van der Waals surface area (Å²) < 4.78 is 4.48. The third-order valence-corrected chi connectivity index (χ3v) is 2.03. The zero-order valence-corrected chi connectivity index (χ0v) is 9.43. The highest BCUT2D eigenvalue weighted by molar-refractivity contribution is 5.79. The van der Waals surface area contributed by atoms with Gasteiger partial charge in [-0.2, -0.15) is 0 Å². The van der Waals surface area contributed by atoms with Crippen molar-refractivity contribution < 1.29 is 19.1 Å². The normalized spacial score (nSPS) is 12.2. The summed E-state index contributed by atoms with van der Waals surface area (Å²) in [6.45, 7) is 1.44. The molecular weight excluding hydrogens is 214 g/mol. The average Bonchev–Trinajstić information content (AvgIpc) is 2.15. The summed E-state index contributed by atoms with van der Waals surface area (Å²) >= 11 is 0. The number of carbonyl (C=O) groups excluding carboxylic acids is 3. The Bertz CT molecular complexity index is 264. The van der Waals surface area contributed by atoms with E-state index in [0.717, 1.165) is 0 Å². The Labute approximate surface area is 93.7 Å². The first-order valence-corrected chi connectivity index (χ1v) is 4.74. The molecule has 2 amide bonds. The molecule has 0 spiro atoms. The van der Waals surface area contributed by atoms with E-state index in [0.29, 0.717) is 0 Å². The Hall–Kier alpha value is -1.63. The first kappa shape index (κ1) is 14.4. The lowest BCUT2D eigenvalue weighted by Crippen LogP contribution is -2.45. The number of methoxy groups -OCH3 is 1. The Morgan fingerprint density at radius 3 is 1.94 bits per heavy atom. The van der Waals surface area contributed by atoms with Gasteiger partial charge in [-0.1, -0.05) is 0 Å². The van der Waals surface area contributed by atoms with Gasteiger partial charge < -0.3 is 16.2 Å². The molecule has 0 fully saturated rings. The van der Waals surface area contributed by atoms with Crippen molar-refractivity contribution in [1.82, 2.24) is 4.90 Å². The van der Waals surface area contributed by atoms with Crippen molar-refractivity contribution in [2.45, 2.75) is 19.4 Å². The molecule has 7 heteroatoms. The summed E-state index contributed by atoms with van der Waals surface area (Å²) in [6, 6.07) is -0.340. The average molecular weight is 231 g/mol. The van der Waals surface area contributed by atoms with Crippen LogP contribution in [-0.4, -0.2) is 48.9 Å². The van der Waals surface area contributed by atoms with Crippen molar-refractivity contribution in [2.75, 3.05) is 20.2 Å². The van der Waals surface area contributed by atoms with E-state index >= 15 is 0 Å². The van der Waals surface area contributed by atoms with Crippen LogP contribution < -0.4 is 11.5 Å². The van der Waals surface area contributed by atoms with Crippen molar-refractivity contribution in [1.29, 1.82) is 0 Å². The maximum atomic E-state index is 11.0. The first-order chi connectivity index (χ1) is 7.36. The van der Waals surface area contributed by atoms with E-state index in [9.17, 15) is 14.4 Å². The molecule has 0 saturated heterocycles. The van der Waals surface area contributed by atoms with Gasteiger partial charge in [0, 0.05) is 6.04 Å². The van der Waals surface area contributed by atoms with Gasteiger partial charge in [0.25, 0.3) is 0 Å². The zero-order chi connectivity index (χ0) is 12.7. The molecule has 0 bridgehead atoms. The molecule has 0 heterocycles. The summed E-state index contributed by atoms with van der Waals surface area (Å²) in [5, 5.41) is 0. The molecule has 0 rings (SSSR count). The Kier molecular flexibility index (Phi) is 6.09. The molecule has 0 aromatic heterocycles. The molecule has 7 nitrogen and oxygen atoms in total. The molecule has 16 heavy (non-hydrogen) atoms. The van der Waals surface area contributed by atoms with Gasteiger partial charge in [0.2, 0.25) is 11.8 Å². The topological polar surface area (TPSA) is 116 Å². The highest BCUT2D eigenvalue weighted by Gasteiger charge is 2.20. The van der Waals surface area contributed by atoms with Crippen LogP contribution in [0, 0.1) is 0 Å². The molecule has 0 aliphatic heterocycles. The highest BCUT2D eigenvalue weighted by atomic mass is 16.5. The largest absolute Gasteiger partial charge is 0.469 e. The summed E-state index contributed by atoms with van der Waals surface area (Å²) in [6.07, 6.45) is 0.0665. The number of nitrogens with two attached hydrogens (primary N) is 2. The first-order valence-electron chi connectivity index (χ1n) is 4.74. The van der Waals surface area contributed by atoms with Gasteiger partial charge >= 0.3 is 5.97 Å². The zero-order valence-electron chi connectivity index (χ0n) is 9.43. The minimum absolute atomic E-state index is 0.0665. The molecule has 1 atom stereocenters.